The molecule has 0 aromatic carbocycles. The van der Waals surface area contributed by atoms with Gasteiger partial charge in [-0.25, -0.2) is 9.98 Å². The summed E-state index contributed by atoms with van der Waals surface area (Å²) in [5.74, 6) is 1.00. The summed E-state index contributed by atoms with van der Waals surface area (Å²) < 4.78 is 0. The molecular formula is C13H24N4OS. The summed E-state index contributed by atoms with van der Waals surface area (Å²) >= 11 is 1.69. The number of nitrogens with one attached hydrogen (secondary N) is 2. The molecule has 1 aromatic heterocycles. The Hall–Kier alpha value is -1.14. The maximum absolute atomic E-state index is 9.02. The van der Waals surface area contributed by atoms with Crippen LogP contribution in [0.3, 0.4) is 0 Å². The van der Waals surface area contributed by atoms with Gasteiger partial charge in [-0.05, 0) is 26.7 Å². The van der Waals surface area contributed by atoms with Gasteiger partial charge in [-0.3, -0.25) is 0 Å². The lowest BCUT2D eigenvalue weighted by Crippen LogP contribution is -2.39. The maximum Gasteiger partial charge on any atom is 0.191 e. The molecule has 0 saturated heterocycles. The van der Waals surface area contributed by atoms with Gasteiger partial charge >= 0.3 is 0 Å². The van der Waals surface area contributed by atoms with Crippen molar-refractivity contribution in [1.82, 2.24) is 15.6 Å². The zero-order valence-corrected chi connectivity index (χ0v) is 13.0. The van der Waals surface area contributed by atoms with Crippen molar-refractivity contribution in [2.75, 3.05) is 19.7 Å². The number of hydrogen-bond donors (Lipinski definition) is 3. The van der Waals surface area contributed by atoms with Crippen LogP contribution in [0.2, 0.25) is 0 Å². The van der Waals surface area contributed by atoms with Crippen LogP contribution in [0.5, 0.6) is 0 Å². The summed E-state index contributed by atoms with van der Waals surface area (Å²) in [6, 6.07) is 0. The minimum atomic E-state index is 0.180. The summed E-state index contributed by atoms with van der Waals surface area (Å²) in [6.45, 7) is 10.4. The highest BCUT2D eigenvalue weighted by atomic mass is 32.1. The number of guanidine groups is 1. The van der Waals surface area contributed by atoms with Gasteiger partial charge in [-0.2, -0.15) is 0 Å². The molecule has 0 radical (unpaired) electrons. The zero-order valence-electron chi connectivity index (χ0n) is 12.2. The van der Waals surface area contributed by atoms with Gasteiger partial charge in [0.15, 0.2) is 5.96 Å². The normalized spacial score (nSPS) is 13.4. The number of aromatic nitrogens is 1. The van der Waals surface area contributed by atoms with Crippen molar-refractivity contribution in [1.29, 1.82) is 0 Å². The molecular weight excluding hydrogens is 260 g/mol. The van der Waals surface area contributed by atoms with Gasteiger partial charge in [0.25, 0.3) is 0 Å². The predicted octanol–water partition coefficient (Wildman–Crippen LogP) is 1.44. The minimum absolute atomic E-state index is 0.180. The third-order valence-electron chi connectivity index (χ3n) is 2.65. The Morgan fingerprint density at radius 2 is 2.16 bits per heavy atom. The lowest BCUT2D eigenvalue weighted by molar-refractivity contribution is 0.238. The average Bonchev–Trinajstić information content (AvgIpc) is 2.70. The Labute approximate surface area is 119 Å². The van der Waals surface area contributed by atoms with Crippen LogP contribution in [0.25, 0.3) is 0 Å². The molecule has 108 valence electrons. The molecule has 1 aromatic rings. The van der Waals surface area contributed by atoms with E-state index in [0.29, 0.717) is 13.1 Å². The molecule has 0 fully saturated rings. The lowest BCUT2D eigenvalue weighted by atomic mass is 10.2. The smallest absolute Gasteiger partial charge is 0.191 e. The first-order valence-electron chi connectivity index (χ1n) is 6.62. The van der Waals surface area contributed by atoms with E-state index in [-0.39, 0.29) is 12.5 Å². The Morgan fingerprint density at radius 3 is 2.68 bits per heavy atom. The van der Waals surface area contributed by atoms with Gasteiger partial charge in [0.2, 0.25) is 0 Å². The first kappa shape index (κ1) is 15.9. The number of aliphatic hydroxyl groups is 1. The molecule has 0 aliphatic rings. The van der Waals surface area contributed by atoms with E-state index in [9.17, 15) is 0 Å². The topological polar surface area (TPSA) is 69.5 Å². The summed E-state index contributed by atoms with van der Waals surface area (Å²) in [7, 11) is 0. The number of aliphatic hydroxyl groups excluding tert-OH is 1. The van der Waals surface area contributed by atoms with Crippen LogP contribution in [0, 0.1) is 19.8 Å². The highest BCUT2D eigenvalue weighted by Crippen LogP contribution is 2.17. The molecule has 1 unspecified atom stereocenters. The van der Waals surface area contributed by atoms with Crippen LogP contribution in [0.1, 0.15) is 29.4 Å². The summed E-state index contributed by atoms with van der Waals surface area (Å²) in [5, 5.41) is 16.5. The number of thiazole rings is 1. The number of aryl methyl sites for hydroxylation is 2. The molecule has 5 nitrogen and oxygen atoms in total. The number of hydrogen-bond acceptors (Lipinski definition) is 4. The van der Waals surface area contributed by atoms with Crippen LogP contribution < -0.4 is 10.6 Å². The van der Waals surface area contributed by atoms with Gasteiger partial charge in [0.1, 0.15) is 0 Å². The van der Waals surface area contributed by atoms with Crippen molar-refractivity contribution in [2.24, 2.45) is 10.9 Å². The average molecular weight is 284 g/mol. The Bertz CT molecular complexity index is 417. The monoisotopic (exact) mass is 284 g/mol. The Balaban J connectivity index is 2.59. The third-order valence-corrected chi connectivity index (χ3v) is 3.71. The van der Waals surface area contributed by atoms with Gasteiger partial charge < -0.3 is 15.7 Å². The quantitative estimate of drug-likeness (QED) is 0.546. The van der Waals surface area contributed by atoms with Crippen molar-refractivity contribution >= 4 is 17.3 Å². The molecule has 0 amide bonds. The highest BCUT2D eigenvalue weighted by Gasteiger charge is 2.05. The fraction of sp³-hybridized carbons (Fsp3) is 0.692. The SMILES string of the molecule is CCNC(=NCc1sc(C)nc1C)NCC(C)CO. The summed E-state index contributed by atoms with van der Waals surface area (Å²) in [4.78, 5) is 10.1. The van der Waals surface area contributed by atoms with E-state index in [0.717, 1.165) is 23.2 Å². The van der Waals surface area contributed by atoms with Crippen molar-refractivity contribution in [3.8, 4) is 0 Å². The molecule has 0 bridgehead atoms. The second-order valence-electron chi connectivity index (χ2n) is 4.61. The largest absolute Gasteiger partial charge is 0.396 e. The fourth-order valence-electron chi connectivity index (χ4n) is 1.55. The molecule has 1 heterocycles. The van der Waals surface area contributed by atoms with Crippen molar-refractivity contribution < 1.29 is 5.11 Å². The molecule has 0 spiro atoms. The van der Waals surface area contributed by atoms with Gasteiger partial charge in [-0.1, -0.05) is 6.92 Å². The van der Waals surface area contributed by atoms with Gasteiger partial charge in [-0.15, -0.1) is 11.3 Å². The van der Waals surface area contributed by atoms with E-state index in [1.165, 1.54) is 4.88 Å². The van der Waals surface area contributed by atoms with Crippen LogP contribution in [0.15, 0.2) is 4.99 Å². The van der Waals surface area contributed by atoms with Crippen LogP contribution in [-0.4, -0.2) is 35.7 Å². The zero-order chi connectivity index (χ0) is 14.3. The molecule has 19 heavy (non-hydrogen) atoms. The van der Waals surface area contributed by atoms with Crippen LogP contribution in [0.4, 0.5) is 0 Å². The maximum atomic E-state index is 9.02. The second kappa shape index (κ2) is 8.12. The van der Waals surface area contributed by atoms with Crippen molar-refractivity contribution in [2.45, 2.75) is 34.2 Å². The molecule has 3 N–H and O–H groups in total. The first-order chi connectivity index (χ1) is 9.06. The summed E-state index contributed by atoms with van der Waals surface area (Å²) in [6.07, 6.45) is 0. The van der Waals surface area contributed by atoms with Gasteiger partial charge in [0, 0.05) is 24.6 Å². The number of aliphatic imine (C=N–C) groups is 1. The van der Waals surface area contributed by atoms with Crippen molar-refractivity contribution in [3.63, 3.8) is 0 Å². The van der Waals surface area contributed by atoms with Crippen LogP contribution in [-0.2, 0) is 6.54 Å². The fourth-order valence-corrected chi connectivity index (χ4v) is 2.41. The minimum Gasteiger partial charge on any atom is -0.396 e. The molecule has 0 saturated carbocycles. The van der Waals surface area contributed by atoms with E-state index < -0.39 is 0 Å². The molecule has 0 aliphatic heterocycles. The Morgan fingerprint density at radius 1 is 1.42 bits per heavy atom. The predicted molar refractivity (Wildman–Crippen MR) is 80.7 cm³/mol. The molecule has 6 heteroatoms. The molecule has 1 rings (SSSR count). The van der Waals surface area contributed by atoms with Crippen molar-refractivity contribution in [3.05, 3.63) is 15.6 Å². The summed E-state index contributed by atoms with van der Waals surface area (Å²) in [5.41, 5.74) is 1.06. The number of rotatable bonds is 6. The molecule has 0 aliphatic carbocycles. The van der Waals surface area contributed by atoms with E-state index in [4.69, 9.17) is 5.11 Å². The van der Waals surface area contributed by atoms with Crippen LogP contribution >= 0.6 is 11.3 Å². The highest BCUT2D eigenvalue weighted by molar-refractivity contribution is 7.11. The Kier molecular flexibility index (Phi) is 6.80. The number of nitrogens with zero attached hydrogens (tertiary/aromatic N) is 2. The van der Waals surface area contributed by atoms with E-state index >= 15 is 0 Å². The van der Waals surface area contributed by atoms with E-state index in [1.807, 2.05) is 27.7 Å². The van der Waals surface area contributed by atoms with E-state index in [2.05, 4.69) is 20.6 Å². The standard InChI is InChI=1S/C13H24N4OS/c1-5-14-13(15-6-9(2)8-18)16-7-12-10(3)17-11(4)19-12/h9,18H,5-8H2,1-4H3,(H2,14,15,16). The molecule has 1 atom stereocenters. The van der Waals surface area contributed by atoms with Gasteiger partial charge in [0.05, 0.1) is 17.2 Å². The second-order valence-corrected chi connectivity index (χ2v) is 5.89. The lowest BCUT2D eigenvalue weighted by Gasteiger charge is -2.13. The van der Waals surface area contributed by atoms with E-state index in [1.54, 1.807) is 11.3 Å². The third kappa shape index (κ3) is 5.57. The first-order valence-corrected chi connectivity index (χ1v) is 7.44.